The van der Waals surface area contributed by atoms with Crippen molar-refractivity contribution in [2.45, 2.75) is 13.8 Å². The number of allylic oxidation sites excluding steroid dienone is 2. The summed E-state index contributed by atoms with van der Waals surface area (Å²) in [6.45, 7) is 2.74. The zero-order chi connectivity index (χ0) is 12.6. The zero-order valence-electron chi connectivity index (χ0n) is 9.41. The largest absolute Gasteiger partial charge is 0.512 e. The Morgan fingerprint density at radius 1 is 1.41 bits per heavy atom. The van der Waals surface area contributed by atoms with Gasteiger partial charge in [-0.2, -0.15) is 0 Å². The Morgan fingerprint density at radius 2 is 2.12 bits per heavy atom. The summed E-state index contributed by atoms with van der Waals surface area (Å²) in [6, 6.07) is 4.08. The lowest BCUT2D eigenvalue weighted by molar-refractivity contribution is -0.111. The Bertz CT molecular complexity index is 624. The molecule has 2 rings (SSSR count). The van der Waals surface area contributed by atoms with Gasteiger partial charge in [-0.1, -0.05) is 0 Å². The fraction of sp³-hybridized carbons (Fsp3) is 0.167. The van der Waals surface area contributed by atoms with E-state index in [0.29, 0.717) is 11.0 Å². The maximum Gasteiger partial charge on any atom is 0.166 e. The Balaban J connectivity index is 2.64. The van der Waals surface area contributed by atoms with E-state index in [9.17, 15) is 14.3 Å². The molecule has 1 aromatic heterocycles. The van der Waals surface area contributed by atoms with Crippen LogP contribution in [0.4, 0.5) is 4.39 Å². The zero-order valence-corrected chi connectivity index (χ0v) is 9.41. The molecule has 0 fully saturated rings. The number of aromatic nitrogens is 2. The standard InChI is InChI=1S/C12H11FN2O2/c1-6(16)11(7(2)17)12-14-9-4-3-8(13)5-10(9)15-12/h3-5,16H,1-2H3,(H,14,15). The minimum atomic E-state index is -0.387. The second-order valence-corrected chi connectivity index (χ2v) is 3.76. The highest BCUT2D eigenvalue weighted by Gasteiger charge is 2.15. The minimum Gasteiger partial charge on any atom is -0.512 e. The summed E-state index contributed by atoms with van der Waals surface area (Å²) in [5, 5.41) is 9.44. The quantitative estimate of drug-likeness (QED) is 0.620. The number of aromatic amines is 1. The fourth-order valence-corrected chi connectivity index (χ4v) is 1.69. The molecular weight excluding hydrogens is 223 g/mol. The summed E-state index contributed by atoms with van der Waals surface area (Å²) in [4.78, 5) is 18.3. The Hall–Kier alpha value is -2.17. The number of aliphatic hydroxyl groups is 1. The first-order chi connectivity index (χ1) is 7.99. The van der Waals surface area contributed by atoms with Crippen LogP contribution in [-0.2, 0) is 4.79 Å². The average molecular weight is 234 g/mol. The number of carbonyl (C=O) groups excluding carboxylic acids is 1. The van der Waals surface area contributed by atoms with Gasteiger partial charge in [0.05, 0.1) is 16.6 Å². The summed E-state index contributed by atoms with van der Waals surface area (Å²) in [5.41, 5.74) is 1.14. The molecule has 0 aliphatic heterocycles. The number of fused-ring (bicyclic) bond motifs is 1. The van der Waals surface area contributed by atoms with E-state index in [1.54, 1.807) is 0 Å². The van der Waals surface area contributed by atoms with Crippen molar-refractivity contribution in [3.63, 3.8) is 0 Å². The molecule has 0 unspecified atom stereocenters. The highest BCUT2D eigenvalue weighted by Crippen LogP contribution is 2.20. The van der Waals surface area contributed by atoms with Crippen molar-refractivity contribution in [1.29, 1.82) is 0 Å². The molecule has 17 heavy (non-hydrogen) atoms. The third-order valence-electron chi connectivity index (χ3n) is 2.39. The molecule has 88 valence electrons. The number of ketones is 1. The topological polar surface area (TPSA) is 66.0 Å². The van der Waals surface area contributed by atoms with E-state index >= 15 is 0 Å². The van der Waals surface area contributed by atoms with Gasteiger partial charge in [-0.05, 0) is 32.0 Å². The van der Waals surface area contributed by atoms with Crippen LogP contribution < -0.4 is 0 Å². The van der Waals surface area contributed by atoms with Gasteiger partial charge in [0.15, 0.2) is 5.78 Å². The fourth-order valence-electron chi connectivity index (χ4n) is 1.69. The van der Waals surface area contributed by atoms with Gasteiger partial charge in [0.1, 0.15) is 17.4 Å². The second kappa shape index (κ2) is 4.01. The van der Waals surface area contributed by atoms with Crippen LogP contribution in [0.3, 0.4) is 0 Å². The van der Waals surface area contributed by atoms with Crippen molar-refractivity contribution < 1.29 is 14.3 Å². The smallest absolute Gasteiger partial charge is 0.166 e. The number of carbonyl (C=O) groups is 1. The maximum atomic E-state index is 13.0. The normalized spacial score (nSPS) is 12.6. The van der Waals surface area contributed by atoms with Gasteiger partial charge in [0.25, 0.3) is 0 Å². The van der Waals surface area contributed by atoms with Crippen molar-refractivity contribution in [2.75, 3.05) is 0 Å². The van der Waals surface area contributed by atoms with Gasteiger partial charge in [-0.25, -0.2) is 9.37 Å². The van der Waals surface area contributed by atoms with Crippen LogP contribution in [0.5, 0.6) is 0 Å². The molecular formula is C12H11FN2O2. The van der Waals surface area contributed by atoms with Gasteiger partial charge >= 0.3 is 0 Å². The number of imidazole rings is 1. The lowest BCUT2D eigenvalue weighted by Crippen LogP contribution is -2.01. The number of H-pyrrole nitrogens is 1. The van der Waals surface area contributed by atoms with E-state index in [0.717, 1.165) is 0 Å². The molecule has 4 nitrogen and oxygen atoms in total. The summed E-state index contributed by atoms with van der Waals surface area (Å²) in [5.74, 6) is -0.554. The predicted octanol–water partition coefficient (Wildman–Crippen LogP) is 2.58. The molecule has 1 heterocycles. The van der Waals surface area contributed by atoms with E-state index in [-0.39, 0.29) is 28.8 Å². The number of Topliss-reactive ketones (excluding diaryl/α,β-unsaturated/α-hetero) is 1. The maximum absolute atomic E-state index is 13.0. The molecule has 0 aliphatic carbocycles. The number of benzene rings is 1. The lowest BCUT2D eigenvalue weighted by Gasteiger charge is -2.00. The number of nitrogens with zero attached hydrogens (tertiary/aromatic N) is 1. The van der Waals surface area contributed by atoms with E-state index < -0.39 is 0 Å². The SMILES string of the molecule is CC(=O)C(=C(C)O)c1nc2ccc(F)cc2[nH]1. The van der Waals surface area contributed by atoms with Crippen molar-refractivity contribution in [3.05, 3.63) is 35.6 Å². The number of halogens is 1. The molecule has 2 aromatic rings. The molecule has 0 spiro atoms. The molecule has 0 saturated heterocycles. The second-order valence-electron chi connectivity index (χ2n) is 3.76. The molecule has 0 amide bonds. The molecule has 0 atom stereocenters. The van der Waals surface area contributed by atoms with Crippen molar-refractivity contribution in [1.82, 2.24) is 9.97 Å². The third kappa shape index (κ3) is 2.04. The van der Waals surface area contributed by atoms with Crippen LogP contribution in [0.15, 0.2) is 24.0 Å². The monoisotopic (exact) mass is 234 g/mol. The Labute approximate surface area is 96.8 Å². The summed E-state index contributed by atoms with van der Waals surface area (Å²) >= 11 is 0. The molecule has 0 saturated carbocycles. The van der Waals surface area contributed by atoms with Crippen LogP contribution in [0.25, 0.3) is 16.6 Å². The Morgan fingerprint density at radius 3 is 2.71 bits per heavy atom. The first kappa shape index (κ1) is 11.3. The van der Waals surface area contributed by atoms with Gasteiger partial charge in [-0.3, -0.25) is 4.79 Å². The average Bonchev–Trinajstić information content (AvgIpc) is 2.58. The van der Waals surface area contributed by atoms with Crippen LogP contribution >= 0.6 is 0 Å². The van der Waals surface area contributed by atoms with E-state index in [2.05, 4.69) is 9.97 Å². The van der Waals surface area contributed by atoms with E-state index in [1.807, 2.05) is 0 Å². The molecule has 0 radical (unpaired) electrons. The Kier molecular flexibility index (Phi) is 2.67. The van der Waals surface area contributed by atoms with Gasteiger partial charge in [0, 0.05) is 0 Å². The van der Waals surface area contributed by atoms with E-state index in [1.165, 1.54) is 32.0 Å². The molecule has 0 aliphatic rings. The predicted molar refractivity (Wildman–Crippen MR) is 62.0 cm³/mol. The molecule has 5 heteroatoms. The first-order valence-electron chi connectivity index (χ1n) is 5.05. The number of hydrogen-bond acceptors (Lipinski definition) is 3. The van der Waals surface area contributed by atoms with Crippen LogP contribution in [0.2, 0.25) is 0 Å². The highest BCUT2D eigenvalue weighted by molar-refractivity contribution is 6.19. The van der Waals surface area contributed by atoms with Gasteiger partial charge < -0.3 is 10.1 Å². The van der Waals surface area contributed by atoms with Crippen molar-refractivity contribution in [3.8, 4) is 0 Å². The highest BCUT2D eigenvalue weighted by atomic mass is 19.1. The van der Waals surface area contributed by atoms with Gasteiger partial charge in [-0.15, -0.1) is 0 Å². The minimum absolute atomic E-state index is 0.113. The van der Waals surface area contributed by atoms with E-state index in [4.69, 9.17) is 0 Å². The number of hydrogen-bond donors (Lipinski definition) is 2. The van der Waals surface area contributed by atoms with Crippen molar-refractivity contribution in [2.24, 2.45) is 0 Å². The van der Waals surface area contributed by atoms with Gasteiger partial charge in [0.2, 0.25) is 0 Å². The summed E-state index contributed by atoms with van der Waals surface area (Å²) in [7, 11) is 0. The van der Waals surface area contributed by atoms with Crippen LogP contribution in [-0.4, -0.2) is 20.9 Å². The molecule has 2 N–H and O–H groups in total. The lowest BCUT2D eigenvalue weighted by atomic mass is 10.1. The van der Waals surface area contributed by atoms with Crippen LogP contribution in [0, 0.1) is 5.82 Å². The molecule has 0 bridgehead atoms. The number of rotatable bonds is 2. The summed E-state index contributed by atoms with van der Waals surface area (Å²) in [6.07, 6.45) is 0. The van der Waals surface area contributed by atoms with Crippen LogP contribution in [0.1, 0.15) is 19.7 Å². The van der Waals surface area contributed by atoms with Crippen molar-refractivity contribution >= 4 is 22.4 Å². The number of aliphatic hydroxyl groups excluding tert-OH is 1. The molecule has 1 aromatic carbocycles. The first-order valence-corrected chi connectivity index (χ1v) is 5.05. The summed E-state index contributed by atoms with van der Waals surface area (Å²) < 4.78 is 13.0. The third-order valence-corrected chi connectivity index (χ3v) is 2.39. The number of nitrogens with one attached hydrogen (secondary N) is 1.